The second kappa shape index (κ2) is 7.49. The van der Waals surface area contributed by atoms with Crippen LogP contribution in [0.3, 0.4) is 0 Å². The Morgan fingerprint density at radius 3 is 2.57 bits per heavy atom. The fourth-order valence-corrected chi connectivity index (χ4v) is 3.67. The second-order valence-corrected chi connectivity index (χ2v) is 8.15. The molecule has 30 heavy (non-hydrogen) atoms. The maximum Gasteiger partial charge on any atom is 0.336 e. The van der Waals surface area contributed by atoms with Crippen LogP contribution >= 0.6 is 0 Å². The first kappa shape index (κ1) is 21.0. The summed E-state index contributed by atoms with van der Waals surface area (Å²) in [7, 11) is 0. The van der Waals surface area contributed by atoms with Gasteiger partial charge in [-0.05, 0) is 26.0 Å². The second-order valence-electron chi connectivity index (χ2n) is 8.15. The van der Waals surface area contributed by atoms with Crippen molar-refractivity contribution in [2.45, 2.75) is 62.7 Å². The van der Waals surface area contributed by atoms with Crippen molar-refractivity contribution in [2.24, 2.45) is 0 Å². The van der Waals surface area contributed by atoms with E-state index in [1.54, 1.807) is 26.0 Å². The first-order chi connectivity index (χ1) is 14.1. The molecule has 10 nitrogen and oxygen atoms in total. The number of aliphatic hydroxyl groups excluding tert-OH is 4. The molecule has 1 aromatic heterocycles. The van der Waals surface area contributed by atoms with Crippen molar-refractivity contribution in [3.8, 4) is 11.5 Å². The Morgan fingerprint density at radius 2 is 1.90 bits per heavy atom. The van der Waals surface area contributed by atoms with E-state index in [1.165, 1.54) is 6.07 Å². The summed E-state index contributed by atoms with van der Waals surface area (Å²) < 4.78 is 22.4. The number of ether oxygens (including phenoxy) is 3. The smallest absolute Gasteiger partial charge is 0.336 e. The lowest BCUT2D eigenvalue weighted by molar-refractivity contribution is -0.277. The molecule has 10 heteroatoms. The summed E-state index contributed by atoms with van der Waals surface area (Å²) in [6.07, 6.45) is -7.75. The van der Waals surface area contributed by atoms with Crippen molar-refractivity contribution >= 4 is 11.0 Å². The van der Waals surface area contributed by atoms with Gasteiger partial charge in [0, 0.05) is 23.4 Å². The van der Waals surface area contributed by atoms with Gasteiger partial charge in [-0.2, -0.15) is 0 Å². The molecule has 4 rings (SSSR count). The molecule has 1 unspecified atom stereocenters. The maximum atomic E-state index is 11.8. The van der Waals surface area contributed by atoms with Crippen molar-refractivity contribution in [3.05, 3.63) is 34.2 Å². The maximum absolute atomic E-state index is 11.8. The molecule has 0 aliphatic carbocycles. The van der Waals surface area contributed by atoms with Crippen LogP contribution in [0.15, 0.2) is 27.4 Å². The molecule has 0 saturated carbocycles. The highest BCUT2D eigenvalue weighted by molar-refractivity contribution is 5.87. The average molecular weight is 424 g/mol. The Morgan fingerprint density at radius 1 is 1.17 bits per heavy atom. The molecule has 5 N–H and O–H groups in total. The molecule has 6 atom stereocenters. The van der Waals surface area contributed by atoms with Crippen LogP contribution in [-0.4, -0.2) is 74.6 Å². The van der Waals surface area contributed by atoms with Gasteiger partial charge in [-0.25, -0.2) is 4.79 Å². The first-order valence-corrected chi connectivity index (χ1v) is 9.56. The van der Waals surface area contributed by atoms with Gasteiger partial charge in [0.1, 0.15) is 30.5 Å². The highest BCUT2D eigenvalue weighted by Crippen LogP contribution is 2.46. The van der Waals surface area contributed by atoms with E-state index in [4.69, 9.17) is 18.6 Å². The third-order valence-corrected chi connectivity index (χ3v) is 5.43. The Labute approximate surface area is 170 Å². The van der Waals surface area contributed by atoms with Crippen LogP contribution in [0.1, 0.15) is 19.4 Å². The average Bonchev–Trinajstić information content (AvgIpc) is 3.12. The lowest BCUT2D eigenvalue weighted by Gasteiger charge is -2.39. The van der Waals surface area contributed by atoms with Crippen molar-refractivity contribution in [3.63, 3.8) is 0 Å². The largest absolute Gasteiger partial charge is 0.483 e. The Bertz CT molecular complexity index is 991. The highest BCUT2D eigenvalue weighted by Gasteiger charge is 2.46. The number of rotatable bonds is 4. The van der Waals surface area contributed by atoms with E-state index in [0.29, 0.717) is 17.4 Å². The molecule has 3 heterocycles. The third-order valence-electron chi connectivity index (χ3n) is 5.43. The fourth-order valence-electron chi connectivity index (χ4n) is 3.67. The normalized spacial score (nSPS) is 31.4. The van der Waals surface area contributed by atoms with E-state index in [1.807, 2.05) is 0 Å². The van der Waals surface area contributed by atoms with Crippen LogP contribution < -0.4 is 15.1 Å². The summed E-state index contributed by atoms with van der Waals surface area (Å²) in [5, 5.41) is 50.6. The monoisotopic (exact) mass is 424 g/mol. The highest BCUT2D eigenvalue weighted by atomic mass is 16.7. The molecule has 1 saturated heterocycles. The van der Waals surface area contributed by atoms with E-state index in [-0.39, 0.29) is 17.1 Å². The molecular weight excluding hydrogens is 400 g/mol. The van der Waals surface area contributed by atoms with Crippen LogP contribution in [0.4, 0.5) is 0 Å². The summed E-state index contributed by atoms with van der Waals surface area (Å²) >= 11 is 0. The summed E-state index contributed by atoms with van der Waals surface area (Å²) in [6, 6.07) is 4.54. The quantitative estimate of drug-likeness (QED) is 0.387. The zero-order valence-corrected chi connectivity index (χ0v) is 16.4. The number of aliphatic hydroxyl groups is 5. The van der Waals surface area contributed by atoms with Crippen LogP contribution in [0.25, 0.3) is 11.0 Å². The van der Waals surface area contributed by atoms with Crippen molar-refractivity contribution in [2.75, 3.05) is 6.61 Å². The van der Waals surface area contributed by atoms with Gasteiger partial charge in [-0.15, -0.1) is 0 Å². The van der Waals surface area contributed by atoms with Crippen LogP contribution in [0.2, 0.25) is 0 Å². The molecule has 1 aromatic carbocycles. The van der Waals surface area contributed by atoms with E-state index in [9.17, 15) is 30.3 Å². The number of fused-ring (bicyclic) bond motifs is 2. The van der Waals surface area contributed by atoms with Crippen LogP contribution in [0, 0.1) is 0 Å². The van der Waals surface area contributed by atoms with Gasteiger partial charge in [0.05, 0.1) is 12.2 Å². The predicted molar refractivity (Wildman–Crippen MR) is 101 cm³/mol. The molecule has 164 valence electrons. The summed E-state index contributed by atoms with van der Waals surface area (Å²) in [5.74, 6) is 0.164. The minimum atomic E-state index is -1.66. The summed E-state index contributed by atoms with van der Waals surface area (Å²) in [5.41, 5.74) is -1.09. The zero-order chi connectivity index (χ0) is 21.8. The lowest BCUT2D eigenvalue weighted by atomic mass is 9.96. The van der Waals surface area contributed by atoms with Crippen molar-refractivity contribution < 1.29 is 44.2 Å². The number of benzene rings is 1. The minimum Gasteiger partial charge on any atom is -0.483 e. The minimum absolute atomic E-state index is 0.0367. The standard InChI is InChI=1S/C20H24O10/c1-20(2,26)11-6-9-5-8-3-4-12(22)29-16(8)18(17(9)28-11)30-19-15(25)14(24)13(23)10(7-21)27-19/h3-5,10-11,13-15,19,21,23-26H,6-7H2,1-2H3/t10-,11?,13-,14+,15-,19+/m1/s1. The van der Waals surface area contributed by atoms with Gasteiger partial charge in [-0.3, -0.25) is 0 Å². The molecule has 0 radical (unpaired) electrons. The SMILES string of the molecule is CC(C)(O)C1Cc2cc3ccc(=O)oc3c(O[C@@H]3O[C@H](CO)[C@@H](O)[C@H](O)[C@H]3O)c2O1. The van der Waals surface area contributed by atoms with E-state index in [2.05, 4.69) is 0 Å². The zero-order valence-electron chi connectivity index (χ0n) is 16.4. The number of hydrogen-bond donors (Lipinski definition) is 5. The van der Waals surface area contributed by atoms with Crippen LogP contribution in [0.5, 0.6) is 11.5 Å². The van der Waals surface area contributed by atoms with E-state index < -0.39 is 54.6 Å². The summed E-state index contributed by atoms with van der Waals surface area (Å²) in [6.45, 7) is 2.58. The van der Waals surface area contributed by atoms with Crippen LogP contribution in [-0.2, 0) is 11.2 Å². The van der Waals surface area contributed by atoms with Crippen molar-refractivity contribution in [1.29, 1.82) is 0 Å². The topological polar surface area (TPSA) is 159 Å². The molecule has 1 fully saturated rings. The van der Waals surface area contributed by atoms with Gasteiger partial charge in [-0.1, -0.05) is 0 Å². The number of hydrogen-bond acceptors (Lipinski definition) is 10. The molecule has 0 spiro atoms. The predicted octanol–water partition coefficient (Wildman–Crippen LogP) is -0.954. The molecular formula is C20H24O10. The fraction of sp³-hybridized carbons (Fsp3) is 0.550. The van der Waals surface area contributed by atoms with Gasteiger partial charge in [0.25, 0.3) is 0 Å². The van der Waals surface area contributed by atoms with Gasteiger partial charge < -0.3 is 44.2 Å². The van der Waals surface area contributed by atoms with Crippen molar-refractivity contribution in [1.82, 2.24) is 0 Å². The Balaban J connectivity index is 1.78. The Hall–Kier alpha value is -2.21. The van der Waals surface area contributed by atoms with E-state index in [0.717, 1.165) is 0 Å². The Kier molecular flexibility index (Phi) is 5.25. The third kappa shape index (κ3) is 3.55. The first-order valence-electron chi connectivity index (χ1n) is 9.56. The lowest BCUT2D eigenvalue weighted by Crippen LogP contribution is -2.60. The van der Waals surface area contributed by atoms with E-state index >= 15 is 0 Å². The molecule has 0 amide bonds. The molecule has 2 aliphatic rings. The summed E-state index contributed by atoms with van der Waals surface area (Å²) in [4.78, 5) is 11.8. The van der Waals surface area contributed by atoms with Gasteiger partial charge >= 0.3 is 5.63 Å². The molecule has 2 aromatic rings. The van der Waals surface area contributed by atoms with Gasteiger partial charge in [0.15, 0.2) is 11.3 Å². The molecule has 0 bridgehead atoms. The molecule has 2 aliphatic heterocycles. The van der Waals surface area contributed by atoms with Gasteiger partial charge in [0.2, 0.25) is 12.0 Å².